The molecule has 1 unspecified atom stereocenters. The zero-order valence-corrected chi connectivity index (χ0v) is 14.8. The van der Waals surface area contributed by atoms with Gasteiger partial charge in [-0.15, -0.1) is 24.8 Å². The van der Waals surface area contributed by atoms with Crippen LogP contribution in [0.3, 0.4) is 0 Å². The molecule has 2 saturated heterocycles. The van der Waals surface area contributed by atoms with E-state index in [-0.39, 0.29) is 36.1 Å². The molecule has 0 bridgehead atoms. The number of likely N-dealkylation sites (tertiary alicyclic amines) is 1. The maximum absolute atomic E-state index is 12.3. The van der Waals surface area contributed by atoms with Gasteiger partial charge in [0.2, 0.25) is 5.91 Å². The van der Waals surface area contributed by atoms with Crippen molar-refractivity contribution in [3.63, 3.8) is 0 Å². The summed E-state index contributed by atoms with van der Waals surface area (Å²) in [5, 5.41) is 0. The predicted molar refractivity (Wildman–Crippen MR) is 91.4 cm³/mol. The summed E-state index contributed by atoms with van der Waals surface area (Å²) in [5.74, 6) is 0.280. The summed E-state index contributed by atoms with van der Waals surface area (Å²) in [6.45, 7) is 12.7. The van der Waals surface area contributed by atoms with Gasteiger partial charge in [0.15, 0.2) is 0 Å². The number of amides is 1. The molecule has 0 aromatic heterocycles. The molecule has 2 aliphatic rings. The third kappa shape index (κ3) is 5.57. The van der Waals surface area contributed by atoms with Crippen LogP contribution in [0.15, 0.2) is 0 Å². The molecule has 1 amide bonds. The van der Waals surface area contributed by atoms with Crippen LogP contribution in [0, 0.1) is 5.41 Å². The minimum absolute atomic E-state index is 0. The molecular weight excluding hydrogens is 311 g/mol. The molecule has 2 rings (SSSR count). The Bertz CT molecular complexity index is 324. The van der Waals surface area contributed by atoms with Crippen molar-refractivity contribution in [2.45, 2.75) is 20.3 Å². The lowest BCUT2D eigenvalue weighted by Crippen LogP contribution is -2.49. The molecule has 7 heteroatoms. The number of carbonyl (C=O) groups excluding carboxylic acids is 1. The topological polar surface area (TPSA) is 52.8 Å². The molecular formula is C14H30Cl2N4O. The highest BCUT2D eigenvalue weighted by Crippen LogP contribution is 2.28. The van der Waals surface area contributed by atoms with Gasteiger partial charge in [-0.25, -0.2) is 0 Å². The number of halogens is 2. The fourth-order valence-electron chi connectivity index (χ4n) is 2.96. The highest BCUT2D eigenvalue weighted by molar-refractivity contribution is 5.85. The van der Waals surface area contributed by atoms with E-state index in [0.29, 0.717) is 13.1 Å². The number of hydrogen-bond acceptors (Lipinski definition) is 4. The van der Waals surface area contributed by atoms with E-state index in [4.69, 9.17) is 5.73 Å². The summed E-state index contributed by atoms with van der Waals surface area (Å²) < 4.78 is 0. The number of nitrogens with zero attached hydrogens (tertiary/aromatic N) is 3. The zero-order valence-electron chi connectivity index (χ0n) is 13.2. The summed E-state index contributed by atoms with van der Waals surface area (Å²) in [4.78, 5) is 19.0. The number of likely N-dealkylation sites (N-methyl/N-ethyl adjacent to an activating group) is 1. The summed E-state index contributed by atoms with van der Waals surface area (Å²) in [6, 6.07) is 0. The Kier molecular flexibility index (Phi) is 9.12. The van der Waals surface area contributed by atoms with Crippen LogP contribution < -0.4 is 5.73 Å². The number of hydrogen-bond donors (Lipinski definition) is 1. The average molecular weight is 341 g/mol. The quantitative estimate of drug-likeness (QED) is 0.817. The summed E-state index contributed by atoms with van der Waals surface area (Å²) >= 11 is 0. The maximum atomic E-state index is 12.3. The fraction of sp³-hybridized carbons (Fsp3) is 0.929. The SMILES string of the molecule is CCN1CCN(CC(=O)N2CCC(C)(CN)C2)CC1.Cl.Cl. The molecule has 0 saturated carbocycles. The summed E-state index contributed by atoms with van der Waals surface area (Å²) in [6.07, 6.45) is 1.04. The average Bonchev–Trinajstić information content (AvgIpc) is 2.83. The van der Waals surface area contributed by atoms with Gasteiger partial charge < -0.3 is 15.5 Å². The molecule has 0 aromatic carbocycles. The van der Waals surface area contributed by atoms with Crippen molar-refractivity contribution in [3.05, 3.63) is 0 Å². The number of nitrogens with two attached hydrogens (primary N) is 1. The monoisotopic (exact) mass is 340 g/mol. The van der Waals surface area contributed by atoms with Crippen molar-refractivity contribution in [3.8, 4) is 0 Å². The van der Waals surface area contributed by atoms with Gasteiger partial charge in [-0.3, -0.25) is 9.69 Å². The van der Waals surface area contributed by atoms with Crippen molar-refractivity contribution in [2.75, 3.05) is 58.9 Å². The van der Waals surface area contributed by atoms with E-state index < -0.39 is 0 Å². The molecule has 2 fully saturated rings. The Balaban J connectivity index is 0.00000200. The Morgan fingerprint density at radius 1 is 1.10 bits per heavy atom. The second-order valence-corrected chi connectivity index (χ2v) is 6.29. The van der Waals surface area contributed by atoms with Crippen LogP contribution in [0.25, 0.3) is 0 Å². The van der Waals surface area contributed by atoms with Crippen LogP contribution in [-0.2, 0) is 4.79 Å². The lowest BCUT2D eigenvalue weighted by Gasteiger charge is -2.34. The fourth-order valence-corrected chi connectivity index (χ4v) is 2.96. The lowest BCUT2D eigenvalue weighted by atomic mass is 9.90. The minimum atomic E-state index is 0. The lowest BCUT2D eigenvalue weighted by molar-refractivity contribution is -0.132. The molecule has 0 spiro atoms. The summed E-state index contributed by atoms with van der Waals surface area (Å²) in [7, 11) is 0. The molecule has 2 N–H and O–H groups in total. The highest BCUT2D eigenvalue weighted by Gasteiger charge is 2.35. The molecule has 2 aliphatic heterocycles. The van der Waals surface area contributed by atoms with Crippen LogP contribution >= 0.6 is 24.8 Å². The Morgan fingerprint density at radius 2 is 1.67 bits per heavy atom. The predicted octanol–water partition coefficient (Wildman–Crippen LogP) is 0.665. The zero-order chi connectivity index (χ0) is 13.9. The van der Waals surface area contributed by atoms with Crippen LogP contribution in [0.4, 0.5) is 0 Å². The van der Waals surface area contributed by atoms with Crippen molar-refractivity contribution < 1.29 is 4.79 Å². The van der Waals surface area contributed by atoms with Crippen LogP contribution in [-0.4, -0.2) is 79.5 Å². The molecule has 0 aromatic rings. The normalized spacial score (nSPS) is 27.1. The van der Waals surface area contributed by atoms with Gasteiger partial charge in [0, 0.05) is 39.3 Å². The van der Waals surface area contributed by atoms with Crippen molar-refractivity contribution >= 4 is 30.7 Å². The van der Waals surface area contributed by atoms with Gasteiger partial charge in [-0.2, -0.15) is 0 Å². The molecule has 5 nitrogen and oxygen atoms in total. The summed E-state index contributed by atoms with van der Waals surface area (Å²) in [5.41, 5.74) is 5.93. The molecule has 0 aliphatic carbocycles. The number of piperazine rings is 1. The third-order valence-corrected chi connectivity index (χ3v) is 4.67. The smallest absolute Gasteiger partial charge is 0.236 e. The van der Waals surface area contributed by atoms with Gasteiger partial charge >= 0.3 is 0 Å². The van der Waals surface area contributed by atoms with Crippen molar-refractivity contribution in [2.24, 2.45) is 11.1 Å². The Hall–Kier alpha value is -0.0700. The molecule has 21 heavy (non-hydrogen) atoms. The second-order valence-electron chi connectivity index (χ2n) is 6.29. The number of rotatable bonds is 4. The Labute approximate surface area is 141 Å². The van der Waals surface area contributed by atoms with Gasteiger partial charge in [0.05, 0.1) is 6.54 Å². The third-order valence-electron chi connectivity index (χ3n) is 4.67. The van der Waals surface area contributed by atoms with E-state index in [1.165, 1.54) is 0 Å². The highest BCUT2D eigenvalue weighted by atomic mass is 35.5. The van der Waals surface area contributed by atoms with E-state index in [2.05, 4.69) is 23.6 Å². The first-order valence-corrected chi connectivity index (χ1v) is 7.49. The maximum Gasteiger partial charge on any atom is 0.236 e. The largest absolute Gasteiger partial charge is 0.341 e. The van der Waals surface area contributed by atoms with E-state index in [1.807, 2.05) is 4.90 Å². The molecule has 0 radical (unpaired) electrons. The van der Waals surface area contributed by atoms with Gasteiger partial charge in [-0.05, 0) is 24.9 Å². The van der Waals surface area contributed by atoms with Gasteiger partial charge in [-0.1, -0.05) is 13.8 Å². The first-order valence-electron chi connectivity index (χ1n) is 7.49. The van der Waals surface area contributed by atoms with Gasteiger partial charge in [0.25, 0.3) is 0 Å². The van der Waals surface area contributed by atoms with Crippen molar-refractivity contribution in [1.82, 2.24) is 14.7 Å². The van der Waals surface area contributed by atoms with E-state index >= 15 is 0 Å². The van der Waals surface area contributed by atoms with E-state index in [9.17, 15) is 4.79 Å². The number of carbonyl (C=O) groups is 1. The standard InChI is InChI=1S/C14H28N4O.2ClH/c1-3-16-6-8-17(9-7-16)10-13(19)18-5-4-14(2,11-15)12-18;;/h3-12,15H2,1-2H3;2*1H. The molecule has 1 atom stereocenters. The minimum Gasteiger partial charge on any atom is -0.341 e. The first kappa shape index (κ1) is 20.9. The molecule has 2 heterocycles. The van der Waals surface area contributed by atoms with Crippen LogP contribution in [0.5, 0.6) is 0 Å². The van der Waals surface area contributed by atoms with E-state index in [1.54, 1.807) is 0 Å². The van der Waals surface area contributed by atoms with Crippen LogP contribution in [0.2, 0.25) is 0 Å². The second kappa shape index (κ2) is 9.16. The van der Waals surface area contributed by atoms with Crippen LogP contribution in [0.1, 0.15) is 20.3 Å². The first-order chi connectivity index (χ1) is 9.06. The van der Waals surface area contributed by atoms with E-state index in [0.717, 1.165) is 52.2 Å². The Morgan fingerprint density at radius 3 is 2.14 bits per heavy atom. The van der Waals surface area contributed by atoms with Crippen molar-refractivity contribution in [1.29, 1.82) is 0 Å². The molecule has 126 valence electrons. The van der Waals surface area contributed by atoms with Gasteiger partial charge in [0.1, 0.15) is 0 Å².